The molecule has 0 atom stereocenters. The molecule has 1 aliphatic rings. The summed E-state index contributed by atoms with van der Waals surface area (Å²) in [6.07, 6.45) is 10.3. The molecule has 7 nitrogen and oxygen atoms in total. The lowest BCUT2D eigenvalue weighted by Gasteiger charge is -2.23. The van der Waals surface area contributed by atoms with Gasteiger partial charge in [0.2, 0.25) is 0 Å². The molecule has 2 aromatic carbocycles. The predicted octanol–water partition coefficient (Wildman–Crippen LogP) is 5.17. The SMILES string of the molecule is C#Cc1c(F)ccc2cc(O)cc(-c3oc(=O)c4c(N(C)CC5CCCC5)nc(OC)nc4c3C)c12. The third-order valence-electron chi connectivity index (χ3n) is 6.96. The van der Waals surface area contributed by atoms with Crippen LogP contribution in [0.2, 0.25) is 0 Å². The standard InChI is InChI=1S/C28H26FN3O4/c1-5-19-21(29)11-10-17-12-18(33)13-20(22(17)19)25-15(2)24-23(27(34)36-25)26(31-28(30-24)35-4)32(3)14-16-8-6-7-9-16/h1,10-13,16,33H,6-9,14H2,2-4H3. The molecule has 1 N–H and O–H groups in total. The number of aryl methyl sites for hydroxylation is 1. The Morgan fingerprint density at radius 2 is 2.00 bits per heavy atom. The van der Waals surface area contributed by atoms with E-state index in [0.29, 0.717) is 39.2 Å². The third-order valence-corrected chi connectivity index (χ3v) is 6.96. The average molecular weight is 488 g/mol. The molecule has 0 saturated heterocycles. The van der Waals surface area contributed by atoms with E-state index in [-0.39, 0.29) is 28.5 Å². The third kappa shape index (κ3) is 3.91. The number of ether oxygens (including phenoxy) is 1. The van der Waals surface area contributed by atoms with Crippen LogP contribution >= 0.6 is 0 Å². The van der Waals surface area contributed by atoms with E-state index in [1.54, 1.807) is 6.92 Å². The minimum atomic E-state index is -0.642. The van der Waals surface area contributed by atoms with Crippen LogP contribution in [0.3, 0.4) is 0 Å². The Balaban J connectivity index is 1.79. The van der Waals surface area contributed by atoms with Crippen molar-refractivity contribution in [2.75, 3.05) is 25.6 Å². The molecule has 0 amide bonds. The van der Waals surface area contributed by atoms with E-state index < -0.39 is 11.4 Å². The fraction of sp³-hybridized carbons (Fsp3) is 0.321. The monoisotopic (exact) mass is 487 g/mol. The fourth-order valence-electron chi connectivity index (χ4n) is 5.25. The van der Waals surface area contributed by atoms with Crippen molar-refractivity contribution < 1.29 is 18.7 Å². The van der Waals surface area contributed by atoms with Crippen molar-refractivity contribution in [1.29, 1.82) is 0 Å². The maximum Gasteiger partial charge on any atom is 0.349 e. The normalized spacial score (nSPS) is 13.9. The van der Waals surface area contributed by atoms with Crippen LogP contribution in [0.15, 0.2) is 33.5 Å². The molecular weight excluding hydrogens is 461 g/mol. The van der Waals surface area contributed by atoms with E-state index in [1.165, 1.54) is 44.2 Å². The molecule has 0 radical (unpaired) electrons. The first-order valence-corrected chi connectivity index (χ1v) is 11.8. The Kier molecular flexibility index (Phi) is 6.00. The Hall–Kier alpha value is -4.12. The van der Waals surface area contributed by atoms with Crippen LogP contribution in [0.5, 0.6) is 11.8 Å². The first-order valence-electron chi connectivity index (χ1n) is 11.8. The number of methoxy groups -OCH3 is 1. The van der Waals surface area contributed by atoms with Crippen molar-refractivity contribution in [3.05, 3.63) is 51.6 Å². The Morgan fingerprint density at radius 3 is 2.69 bits per heavy atom. The zero-order chi connectivity index (χ0) is 25.6. The van der Waals surface area contributed by atoms with E-state index in [4.69, 9.17) is 15.6 Å². The topological polar surface area (TPSA) is 88.7 Å². The highest BCUT2D eigenvalue weighted by Gasteiger charge is 2.25. The molecule has 0 unspecified atom stereocenters. The minimum Gasteiger partial charge on any atom is -0.508 e. The largest absolute Gasteiger partial charge is 0.508 e. The van der Waals surface area contributed by atoms with Gasteiger partial charge in [-0.05, 0) is 49.3 Å². The summed E-state index contributed by atoms with van der Waals surface area (Å²) in [5.41, 5.74) is 0.544. The van der Waals surface area contributed by atoms with Gasteiger partial charge in [0, 0.05) is 30.1 Å². The molecule has 1 aliphatic carbocycles. The van der Waals surface area contributed by atoms with Crippen LogP contribution in [0.25, 0.3) is 33.0 Å². The maximum atomic E-state index is 14.6. The highest BCUT2D eigenvalue weighted by molar-refractivity contribution is 6.03. The highest BCUT2D eigenvalue weighted by atomic mass is 19.1. The fourth-order valence-corrected chi connectivity index (χ4v) is 5.25. The van der Waals surface area contributed by atoms with Gasteiger partial charge in [-0.2, -0.15) is 9.97 Å². The molecule has 4 aromatic rings. The van der Waals surface area contributed by atoms with Crippen LogP contribution in [0, 0.1) is 31.0 Å². The molecule has 36 heavy (non-hydrogen) atoms. The summed E-state index contributed by atoms with van der Waals surface area (Å²) in [7, 11) is 3.36. The molecule has 5 rings (SSSR count). The highest BCUT2D eigenvalue weighted by Crippen LogP contribution is 2.39. The van der Waals surface area contributed by atoms with Crippen molar-refractivity contribution in [1.82, 2.24) is 9.97 Å². The number of benzene rings is 2. The van der Waals surface area contributed by atoms with Gasteiger partial charge in [0.05, 0.1) is 18.2 Å². The number of hydrogen-bond donors (Lipinski definition) is 1. The predicted molar refractivity (Wildman–Crippen MR) is 137 cm³/mol. The van der Waals surface area contributed by atoms with Gasteiger partial charge in [-0.15, -0.1) is 6.42 Å². The second-order valence-electron chi connectivity index (χ2n) is 9.29. The van der Waals surface area contributed by atoms with Gasteiger partial charge in [-0.1, -0.05) is 24.8 Å². The second-order valence-corrected chi connectivity index (χ2v) is 9.29. The Labute approximate surface area is 207 Å². The molecule has 0 aliphatic heterocycles. The average Bonchev–Trinajstić information content (AvgIpc) is 3.38. The first kappa shape index (κ1) is 23.6. The number of aromatic nitrogens is 2. The van der Waals surface area contributed by atoms with Crippen LogP contribution in [-0.2, 0) is 0 Å². The number of terminal acetylenes is 1. The summed E-state index contributed by atoms with van der Waals surface area (Å²) < 4.78 is 25.8. The molecule has 2 aromatic heterocycles. The van der Waals surface area contributed by atoms with Gasteiger partial charge >= 0.3 is 11.6 Å². The number of fused-ring (bicyclic) bond motifs is 2. The lowest BCUT2D eigenvalue weighted by atomic mass is 9.95. The lowest BCUT2D eigenvalue weighted by Crippen LogP contribution is -2.26. The first-order chi connectivity index (χ1) is 17.3. The van der Waals surface area contributed by atoms with E-state index in [1.807, 2.05) is 11.9 Å². The quantitative estimate of drug-likeness (QED) is 0.389. The van der Waals surface area contributed by atoms with Crippen LogP contribution in [0.1, 0.15) is 36.8 Å². The van der Waals surface area contributed by atoms with Crippen LogP contribution in [-0.4, -0.2) is 35.8 Å². The van der Waals surface area contributed by atoms with Crippen molar-refractivity contribution in [3.8, 4) is 35.4 Å². The van der Waals surface area contributed by atoms with Crippen molar-refractivity contribution in [3.63, 3.8) is 0 Å². The summed E-state index contributed by atoms with van der Waals surface area (Å²) in [5, 5.41) is 11.5. The molecule has 184 valence electrons. The number of aromatic hydroxyl groups is 1. The smallest absolute Gasteiger partial charge is 0.349 e. The molecule has 8 heteroatoms. The van der Waals surface area contributed by atoms with E-state index >= 15 is 0 Å². The van der Waals surface area contributed by atoms with Crippen molar-refractivity contribution in [2.24, 2.45) is 5.92 Å². The van der Waals surface area contributed by atoms with Crippen molar-refractivity contribution in [2.45, 2.75) is 32.6 Å². The number of phenolic OH excluding ortho intramolecular Hbond substituents is 1. The number of halogens is 1. The van der Waals surface area contributed by atoms with Gasteiger partial charge in [0.25, 0.3) is 0 Å². The summed E-state index contributed by atoms with van der Waals surface area (Å²) in [6, 6.07) is 5.77. The molecular formula is C28H26FN3O4. The number of nitrogens with zero attached hydrogens (tertiary/aromatic N) is 3. The summed E-state index contributed by atoms with van der Waals surface area (Å²) >= 11 is 0. The zero-order valence-corrected chi connectivity index (χ0v) is 20.4. The number of hydrogen-bond acceptors (Lipinski definition) is 7. The van der Waals surface area contributed by atoms with Crippen LogP contribution < -0.4 is 15.3 Å². The zero-order valence-electron chi connectivity index (χ0n) is 20.4. The summed E-state index contributed by atoms with van der Waals surface area (Å²) in [5.74, 6) is 2.82. The number of phenols is 1. The van der Waals surface area contributed by atoms with E-state index in [2.05, 4.69) is 15.9 Å². The molecule has 1 fully saturated rings. The second kappa shape index (κ2) is 9.15. The van der Waals surface area contributed by atoms with Crippen molar-refractivity contribution >= 4 is 27.5 Å². The van der Waals surface area contributed by atoms with Gasteiger partial charge < -0.3 is 19.2 Å². The molecule has 0 bridgehead atoms. The van der Waals surface area contributed by atoms with Gasteiger partial charge in [0.15, 0.2) is 5.82 Å². The van der Waals surface area contributed by atoms with Gasteiger partial charge in [-0.3, -0.25) is 0 Å². The van der Waals surface area contributed by atoms with Gasteiger partial charge in [-0.25, -0.2) is 9.18 Å². The Bertz CT molecular complexity index is 1600. The molecule has 0 spiro atoms. The number of rotatable bonds is 5. The Morgan fingerprint density at radius 1 is 1.25 bits per heavy atom. The summed E-state index contributed by atoms with van der Waals surface area (Å²) in [6.45, 7) is 2.50. The van der Waals surface area contributed by atoms with Crippen LogP contribution in [0.4, 0.5) is 10.2 Å². The van der Waals surface area contributed by atoms with E-state index in [9.17, 15) is 14.3 Å². The molecule has 2 heterocycles. The lowest BCUT2D eigenvalue weighted by molar-refractivity contribution is 0.381. The van der Waals surface area contributed by atoms with E-state index in [0.717, 1.165) is 19.4 Å². The van der Waals surface area contributed by atoms with Gasteiger partial charge in [0.1, 0.15) is 22.7 Å². The number of anilines is 1. The molecule has 1 saturated carbocycles. The minimum absolute atomic E-state index is 0.0156. The summed E-state index contributed by atoms with van der Waals surface area (Å²) in [4.78, 5) is 24.4. The maximum absolute atomic E-state index is 14.6.